The summed E-state index contributed by atoms with van der Waals surface area (Å²) in [6, 6.07) is 12.7. The number of nitrogens with one attached hydrogen (secondary N) is 1. The number of imidazole rings is 1. The second kappa shape index (κ2) is 5.93. The first-order chi connectivity index (χ1) is 11.0. The molecule has 0 bridgehead atoms. The number of halogens is 1. The summed E-state index contributed by atoms with van der Waals surface area (Å²) < 4.78 is 3.00. The second-order valence-electron chi connectivity index (χ2n) is 5.38. The fraction of sp³-hybridized carbons (Fsp3) is 0.176. The summed E-state index contributed by atoms with van der Waals surface area (Å²) in [5.41, 5.74) is 2.76. The number of benzene rings is 2. The SMILES string of the molecule is Cc1c(Cl)cccc1NC(=O)Cn1c(=O)n(C)c2ccccc21. The summed E-state index contributed by atoms with van der Waals surface area (Å²) in [7, 11) is 1.69. The molecule has 0 saturated carbocycles. The van der Waals surface area contributed by atoms with Crippen LogP contribution in [0, 0.1) is 6.92 Å². The highest BCUT2D eigenvalue weighted by Crippen LogP contribution is 2.23. The van der Waals surface area contributed by atoms with Crippen LogP contribution >= 0.6 is 11.6 Å². The van der Waals surface area contributed by atoms with Gasteiger partial charge in [-0.25, -0.2) is 4.79 Å². The molecule has 6 heteroatoms. The van der Waals surface area contributed by atoms with Gasteiger partial charge in [0.15, 0.2) is 0 Å². The normalized spacial score (nSPS) is 10.9. The van der Waals surface area contributed by atoms with Crippen molar-refractivity contribution < 1.29 is 4.79 Å². The van der Waals surface area contributed by atoms with Crippen molar-refractivity contribution in [3.63, 3.8) is 0 Å². The molecule has 1 N–H and O–H groups in total. The van der Waals surface area contributed by atoms with Crippen LogP contribution in [0.15, 0.2) is 47.3 Å². The quantitative estimate of drug-likeness (QED) is 0.803. The van der Waals surface area contributed by atoms with Gasteiger partial charge in [0.25, 0.3) is 0 Å². The molecule has 1 aromatic heterocycles. The van der Waals surface area contributed by atoms with E-state index in [1.807, 2.05) is 31.2 Å². The largest absolute Gasteiger partial charge is 0.329 e. The number of aromatic nitrogens is 2. The third-order valence-electron chi connectivity index (χ3n) is 3.90. The number of aryl methyl sites for hydroxylation is 1. The minimum Gasteiger partial charge on any atom is -0.324 e. The number of fused-ring (bicyclic) bond motifs is 1. The van der Waals surface area contributed by atoms with Gasteiger partial charge in [0.2, 0.25) is 5.91 Å². The molecule has 118 valence electrons. The third-order valence-corrected chi connectivity index (χ3v) is 4.30. The van der Waals surface area contributed by atoms with Crippen LogP contribution in [0.5, 0.6) is 0 Å². The Morgan fingerprint density at radius 2 is 1.83 bits per heavy atom. The van der Waals surface area contributed by atoms with Crippen molar-refractivity contribution in [2.45, 2.75) is 13.5 Å². The van der Waals surface area contributed by atoms with Crippen molar-refractivity contribution in [1.29, 1.82) is 0 Å². The maximum absolute atomic E-state index is 12.3. The van der Waals surface area contributed by atoms with Crippen LogP contribution in [0.1, 0.15) is 5.56 Å². The first-order valence-corrected chi connectivity index (χ1v) is 7.56. The van der Waals surface area contributed by atoms with Gasteiger partial charge in [-0.05, 0) is 36.8 Å². The summed E-state index contributed by atoms with van der Waals surface area (Å²) >= 11 is 6.05. The van der Waals surface area contributed by atoms with E-state index in [9.17, 15) is 9.59 Å². The maximum Gasteiger partial charge on any atom is 0.329 e. The number of amides is 1. The molecule has 5 nitrogen and oxygen atoms in total. The molecule has 0 aliphatic heterocycles. The summed E-state index contributed by atoms with van der Waals surface area (Å²) in [6.07, 6.45) is 0. The molecule has 1 heterocycles. The molecule has 0 atom stereocenters. The third kappa shape index (κ3) is 2.75. The van der Waals surface area contributed by atoms with Crippen molar-refractivity contribution in [2.75, 3.05) is 5.32 Å². The number of anilines is 1. The highest BCUT2D eigenvalue weighted by Gasteiger charge is 2.14. The molecule has 0 spiro atoms. The second-order valence-corrected chi connectivity index (χ2v) is 5.78. The highest BCUT2D eigenvalue weighted by molar-refractivity contribution is 6.31. The van der Waals surface area contributed by atoms with Gasteiger partial charge < -0.3 is 5.32 Å². The van der Waals surface area contributed by atoms with Crippen molar-refractivity contribution >= 4 is 34.2 Å². The summed E-state index contributed by atoms with van der Waals surface area (Å²) in [4.78, 5) is 24.6. The van der Waals surface area contributed by atoms with Crippen LogP contribution in [0.2, 0.25) is 5.02 Å². The zero-order chi connectivity index (χ0) is 16.6. The Morgan fingerprint density at radius 3 is 2.57 bits per heavy atom. The molecule has 0 saturated heterocycles. The average molecular weight is 330 g/mol. The fourth-order valence-corrected chi connectivity index (χ4v) is 2.77. The average Bonchev–Trinajstić information content (AvgIpc) is 2.77. The van der Waals surface area contributed by atoms with E-state index in [1.54, 1.807) is 25.2 Å². The Hall–Kier alpha value is -2.53. The molecule has 3 rings (SSSR count). The van der Waals surface area contributed by atoms with Gasteiger partial charge in [0.1, 0.15) is 6.54 Å². The van der Waals surface area contributed by atoms with E-state index in [-0.39, 0.29) is 18.1 Å². The standard InChI is InChI=1S/C17H16ClN3O2/c1-11-12(18)6-5-7-13(11)19-16(22)10-21-15-9-4-3-8-14(15)20(2)17(21)23/h3-9H,10H2,1-2H3,(H,19,22). The van der Waals surface area contributed by atoms with E-state index in [0.29, 0.717) is 10.7 Å². The number of carbonyl (C=O) groups is 1. The Labute approximate surface area is 138 Å². The van der Waals surface area contributed by atoms with E-state index >= 15 is 0 Å². The summed E-state index contributed by atoms with van der Waals surface area (Å²) in [6.45, 7) is 1.79. The molecule has 3 aromatic rings. The van der Waals surface area contributed by atoms with Gasteiger partial charge in [-0.2, -0.15) is 0 Å². The Morgan fingerprint density at radius 1 is 1.13 bits per heavy atom. The molecule has 0 unspecified atom stereocenters. The zero-order valence-corrected chi connectivity index (χ0v) is 13.6. The number of hydrogen-bond donors (Lipinski definition) is 1. The van der Waals surface area contributed by atoms with Gasteiger partial charge in [-0.1, -0.05) is 29.8 Å². The van der Waals surface area contributed by atoms with Crippen LogP contribution in [-0.4, -0.2) is 15.0 Å². The van der Waals surface area contributed by atoms with Crippen LogP contribution in [-0.2, 0) is 18.4 Å². The van der Waals surface area contributed by atoms with E-state index in [0.717, 1.165) is 16.6 Å². The molecule has 1 amide bonds. The first kappa shape index (κ1) is 15.4. The number of hydrogen-bond acceptors (Lipinski definition) is 2. The maximum atomic E-state index is 12.3. The van der Waals surface area contributed by atoms with E-state index in [2.05, 4.69) is 5.32 Å². The van der Waals surface area contributed by atoms with Crippen LogP contribution in [0.3, 0.4) is 0 Å². The lowest BCUT2D eigenvalue weighted by Gasteiger charge is -2.10. The number of rotatable bonds is 3. The summed E-state index contributed by atoms with van der Waals surface area (Å²) in [5, 5.41) is 3.40. The topological polar surface area (TPSA) is 56.0 Å². The zero-order valence-electron chi connectivity index (χ0n) is 12.8. The number of para-hydroxylation sites is 2. The monoisotopic (exact) mass is 329 g/mol. The van der Waals surface area contributed by atoms with Gasteiger partial charge in [0.05, 0.1) is 11.0 Å². The van der Waals surface area contributed by atoms with Crippen molar-refractivity contribution in [3.05, 3.63) is 63.5 Å². The lowest BCUT2D eigenvalue weighted by atomic mass is 10.2. The highest BCUT2D eigenvalue weighted by atomic mass is 35.5. The Kier molecular flexibility index (Phi) is 3.96. The fourth-order valence-electron chi connectivity index (χ4n) is 2.59. The molecule has 0 radical (unpaired) electrons. The number of nitrogens with zero attached hydrogens (tertiary/aromatic N) is 2. The number of carbonyl (C=O) groups excluding carboxylic acids is 1. The van der Waals surface area contributed by atoms with E-state index < -0.39 is 0 Å². The van der Waals surface area contributed by atoms with Crippen molar-refractivity contribution in [3.8, 4) is 0 Å². The first-order valence-electron chi connectivity index (χ1n) is 7.18. The molecule has 2 aromatic carbocycles. The van der Waals surface area contributed by atoms with E-state index in [1.165, 1.54) is 9.13 Å². The molecule has 0 aliphatic rings. The van der Waals surface area contributed by atoms with E-state index in [4.69, 9.17) is 11.6 Å². The molecule has 23 heavy (non-hydrogen) atoms. The smallest absolute Gasteiger partial charge is 0.324 e. The Bertz CT molecular complexity index is 956. The van der Waals surface area contributed by atoms with Gasteiger partial charge in [-0.15, -0.1) is 0 Å². The minimum absolute atomic E-state index is 0.0495. The molecule has 0 fully saturated rings. The molecule has 0 aliphatic carbocycles. The predicted octanol–water partition coefficient (Wildman–Crippen LogP) is 2.94. The van der Waals surface area contributed by atoms with Gasteiger partial charge >= 0.3 is 5.69 Å². The summed E-state index contributed by atoms with van der Waals surface area (Å²) in [5.74, 6) is -0.270. The lowest BCUT2D eigenvalue weighted by molar-refractivity contribution is -0.116. The van der Waals surface area contributed by atoms with Crippen molar-refractivity contribution in [1.82, 2.24) is 9.13 Å². The molecular formula is C17H16ClN3O2. The lowest BCUT2D eigenvalue weighted by Crippen LogP contribution is -2.28. The molecular weight excluding hydrogens is 314 g/mol. The van der Waals surface area contributed by atoms with Gasteiger partial charge in [0, 0.05) is 17.8 Å². The minimum atomic E-state index is -0.270. The van der Waals surface area contributed by atoms with Crippen LogP contribution in [0.4, 0.5) is 5.69 Å². The van der Waals surface area contributed by atoms with Crippen molar-refractivity contribution in [2.24, 2.45) is 7.05 Å². The van der Waals surface area contributed by atoms with Crippen LogP contribution < -0.4 is 11.0 Å². The van der Waals surface area contributed by atoms with Gasteiger partial charge in [-0.3, -0.25) is 13.9 Å². The van der Waals surface area contributed by atoms with Crippen LogP contribution in [0.25, 0.3) is 11.0 Å². The Balaban J connectivity index is 1.91. The predicted molar refractivity (Wildman–Crippen MR) is 92.0 cm³/mol.